The zero-order chi connectivity index (χ0) is 8.08. The molecule has 0 aromatic rings. The number of carboxylic acids is 1. The molecular weight excluding hydrogens is 205 g/mol. The number of hydrogen-bond acceptors (Lipinski definition) is 5. The van der Waals surface area contributed by atoms with Gasteiger partial charge in [-0.1, -0.05) is 0 Å². The van der Waals surface area contributed by atoms with Gasteiger partial charge in [-0.15, -0.1) is 0 Å². The predicted octanol–water partition coefficient (Wildman–Crippen LogP) is -4.53. The van der Waals surface area contributed by atoms with Gasteiger partial charge in [0.15, 0.2) is 0 Å². The quantitative estimate of drug-likeness (QED) is 0.389. The molecule has 9 heteroatoms. The number of hydrogen-bond donors (Lipinski definition) is 2. The monoisotopic (exact) mass is 213 g/mol. The van der Waals surface area contributed by atoms with Crippen molar-refractivity contribution in [3.63, 3.8) is 0 Å². The Morgan fingerprint density at radius 3 is 1.64 bits per heavy atom. The summed E-state index contributed by atoms with van der Waals surface area (Å²) in [5.74, 6) is -1.08. The Kier molecular flexibility index (Phi) is 22.0. The summed E-state index contributed by atoms with van der Waals surface area (Å²) >= 11 is 3.35. The summed E-state index contributed by atoms with van der Waals surface area (Å²) < 4.78 is 25.3. The molecular formula is C2H8NNaO5S2. The van der Waals surface area contributed by atoms with E-state index in [1.807, 2.05) is 0 Å². The van der Waals surface area contributed by atoms with Gasteiger partial charge in [0.05, 0.1) is 9.05 Å². The van der Waals surface area contributed by atoms with Crippen molar-refractivity contribution in [1.29, 1.82) is 0 Å². The van der Waals surface area contributed by atoms with Crippen molar-refractivity contribution in [3.8, 4) is 0 Å². The fourth-order valence-electron chi connectivity index (χ4n) is 0. The molecule has 0 spiro atoms. The predicted molar refractivity (Wildman–Crippen MR) is 35.6 cm³/mol. The molecule has 0 saturated carbocycles. The van der Waals surface area contributed by atoms with Crippen LogP contribution >= 0.6 is 0 Å². The molecule has 64 valence electrons. The molecule has 5 N–H and O–H groups in total. The van der Waals surface area contributed by atoms with Crippen LogP contribution in [0.4, 0.5) is 0 Å². The summed E-state index contributed by atoms with van der Waals surface area (Å²) in [5.41, 5.74) is 0. The molecule has 0 amide bonds. The van der Waals surface area contributed by atoms with E-state index >= 15 is 0 Å². The summed E-state index contributed by atoms with van der Waals surface area (Å²) in [5, 5.41) is 8.89. The molecule has 0 rings (SSSR count). The standard InChI is InChI=1S/C2H4O2.H3N.Na.H2O3S2/c1-2(3)4;;;1-5(2,3)4/h1H3,(H,3,4);1H3;;(H2,1,2,3,4)/q;;+1;/p-1. The maximum Gasteiger partial charge on any atom is 1.00 e. The largest absolute Gasteiger partial charge is 1.00 e. The maximum atomic E-state index is 9.00. The first kappa shape index (κ1) is 22.6. The van der Waals surface area contributed by atoms with Crippen LogP contribution in [0.25, 0.3) is 0 Å². The van der Waals surface area contributed by atoms with E-state index in [1.54, 1.807) is 0 Å². The summed E-state index contributed by atoms with van der Waals surface area (Å²) in [6.45, 7) is 0.972. The number of carbonyl (C=O) groups is 1. The molecule has 0 heterocycles. The van der Waals surface area contributed by atoms with E-state index in [1.165, 1.54) is 0 Å². The number of carboxylic acid groups (broad SMARTS) is 1. The van der Waals surface area contributed by atoms with Crippen molar-refractivity contribution in [2.45, 2.75) is 6.92 Å². The SMILES string of the molecule is CC(=O)[O-].O=S([O-])(O)=S.[NH4+].[Na+]. The third kappa shape index (κ3) is 1570. The second-order valence-corrected chi connectivity index (χ2v) is 3.04. The third-order valence-electron chi connectivity index (χ3n) is 0. The summed E-state index contributed by atoms with van der Waals surface area (Å²) in [6.07, 6.45) is 0. The fourth-order valence-corrected chi connectivity index (χ4v) is 0. The van der Waals surface area contributed by atoms with Crippen LogP contribution in [0.1, 0.15) is 6.92 Å². The minimum atomic E-state index is -4.08. The number of aliphatic carboxylic acids is 1. The Balaban J connectivity index is -0.0000000383. The Morgan fingerprint density at radius 1 is 1.64 bits per heavy atom. The van der Waals surface area contributed by atoms with Crippen molar-refractivity contribution < 1.29 is 52.8 Å². The normalized spacial score (nSPS) is 11.9. The van der Waals surface area contributed by atoms with Crippen molar-refractivity contribution >= 4 is 26.2 Å². The molecule has 0 aliphatic rings. The minimum Gasteiger partial charge on any atom is -0.748 e. The average molecular weight is 213 g/mol. The molecule has 0 aliphatic carbocycles. The summed E-state index contributed by atoms with van der Waals surface area (Å²) in [4.78, 5) is 8.89. The van der Waals surface area contributed by atoms with Crippen molar-refractivity contribution in [2.24, 2.45) is 0 Å². The maximum absolute atomic E-state index is 9.00. The van der Waals surface area contributed by atoms with E-state index < -0.39 is 15.0 Å². The first-order chi connectivity index (χ1) is 3.73. The van der Waals surface area contributed by atoms with Gasteiger partial charge >= 0.3 is 29.6 Å². The number of carbonyl (C=O) groups excluding carboxylic acids is 1. The first-order valence-electron chi connectivity index (χ1n) is 1.59. The fraction of sp³-hybridized carbons (Fsp3) is 0.500. The smallest absolute Gasteiger partial charge is 0.748 e. The molecule has 0 saturated heterocycles. The number of quaternary nitrogens is 1. The van der Waals surface area contributed by atoms with E-state index in [9.17, 15) is 0 Å². The molecule has 0 aromatic heterocycles. The van der Waals surface area contributed by atoms with Crippen LogP contribution < -0.4 is 40.8 Å². The molecule has 6 nitrogen and oxygen atoms in total. The number of rotatable bonds is 0. The molecule has 11 heavy (non-hydrogen) atoms. The van der Waals surface area contributed by atoms with Crippen LogP contribution in [0.5, 0.6) is 0 Å². The van der Waals surface area contributed by atoms with Crippen LogP contribution in [0.15, 0.2) is 0 Å². The Bertz CT molecular complexity index is 165. The van der Waals surface area contributed by atoms with Gasteiger partial charge in [0.1, 0.15) is 0 Å². The molecule has 1 unspecified atom stereocenters. The van der Waals surface area contributed by atoms with Gasteiger partial charge in [0.25, 0.3) is 0 Å². The average Bonchev–Trinajstić information content (AvgIpc) is 1.19. The molecule has 0 aromatic carbocycles. The molecule has 0 bridgehead atoms. The van der Waals surface area contributed by atoms with Gasteiger partial charge in [0.2, 0.25) is 0 Å². The first-order valence-corrected chi connectivity index (χ1v) is 3.96. The Labute approximate surface area is 91.6 Å². The Hall–Kier alpha value is 0.720. The van der Waals surface area contributed by atoms with Crippen LogP contribution in [-0.4, -0.2) is 19.3 Å². The minimum absolute atomic E-state index is 0. The Morgan fingerprint density at radius 2 is 1.64 bits per heavy atom. The molecule has 0 aliphatic heterocycles. The van der Waals surface area contributed by atoms with Crippen molar-refractivity contribution in [3.05, 3.63) is 0 Å². The van der Waals surface area contributed by atoms with Gasteiger partial charge in [-0.05, 0) is 18.1 Å². The van der Waals surface area contributed by atoms with E-state index in [2.05, 4.69) is 11.2 Å². The molecule has 0 radical (unpaired) electrons. The van der Waals surface area contributed by atoms with Crippen LogP contribution in [-0.2, 0) is 25.0 Å². The van der Waals surface area contributed by atoms with Gasteiger partial charge in [-0.2, -0.15) is 0 Å². The molecule has 0 fully saturated rings. The van der Waals surface area contributed by atoms with Crippen molar-refractivity contribution in [1.82, 2.24) is 6.15 Å². The van der Waals surface area contributed by atoms with Gasteiger partial charge in [0, 0.05) is 5.97 Å². The van der Waals surface area contributed by atoms with E-state index in [-0.39, 0.29) is 35.7 Å². The second kappa shape index (κ2) is 10.7. The van der Waals surface area contributed by atoms with Crippen LogP contribution in [0.2, 0.25) is 0 Å². The summed E-state index contributed by atoms with van der Waals surface area (Å²) in [6, 6.07) is 0. The zero-order valence-corrected chi connectivity index (χ0v) is 10.0. The van der Waals surface area contributed by atoms with E-state index in [0.29, 0.717) is 0 Å². The van der Waals surface area contributed by atoms with E-state index in [0.717, 1.165) is 6.92 Å². The topological polar surface area (TPSA) is 137 Å². The second-order valence-electron chi connectivity index (χ2n) is 0.919. The van der Waals surface area contributed by atoms with Crippen LogP contribution in [0.3, 0.4) is 0 Å². The third-order valence-corrected chi connectivity index (χ3v) is 0. The van der Waals surface area contributed by atoms with Crippen molar-refractivity contribution in [2.75, 3.05) is 0 Å². The van der Waals surface area contributed by atoms with Gasteiger partial charge < -0.3 is 25.2 Å². The molecule has 1 atom stereocenters. The van der Waals surface area contributed by atoms with Gasteiger partial charge in [-0.25, -0.2) is 4.21 Å². The van der Waals surface area contributed by atoms with E-state index in [4.69, 9.17) is 23.2 Å². The van der Waals surface area contributed by atoms with Crippen LogP contribution in [0, 0.1) is 0 Å². The zero-order valence-electron chi connectivity index (χ0n) is 6.40. The van der Waals surface area contributed by atoms with Gasteiger partial charge in [-0.3, -0.25) is 0 Å². The summed E-state index contributed by atoms with van der Waals surface area (Å²) in [7, 11) is -4.08.